The Morgan fingerprint density at radius 1 is 1.38 bits per heavy atom. The first-order valence-corrected chi connectivity index (χ1v) is 6.11. The molecule has 1 saturated heterocycles. The Balaban J connectivity index is 2.26. The maximum Gasteiger partial charge on any atom is 0.0839 e. The standard InChI is InChI=1S/C14H21NO/c1-3-14(16)11-15(2)10-9-13(14)12-7-5-4-6-8-12/h4-8,13,16H,3,9-11H2,1-2H3/t13-,14-/m0/s1. The maximum absolute atomic E-state index is 10.7. The van der Waals surface area contributed by atoms with Crippen molar-refractivity contribution in [2.24, 2.45) is 0 Å². The predicted molar refractivity (Wildman–Crippen MR) is 66.5 cm³/mol. The number of aliphatic hydroxyl groups is 1. The minimum Gasteiger partial charge on any atom is -0.388 e. The molecule has 2 rings (SSSR count). The fourth-order valence-corrected chi connectivity index (χ4v) is 2.80. The van der Waals surface area contributed by atoms with E-state index in [4.69, 9.17) is 0 Å². The van der Waals surface area contributed by atoms with Crippen LogP contribution in [0, 0.1) is 0 Å². The number of likely N-dealkylation sites (N-methyl/N-ethyl adjacent to an activating group) is 1. The topological polar surface area (TPSA) is 23.5 Å². The van der Waals surface area contributed by atoms with Crippen LogP contribution in [0.3, 0.4) is 0 Å². The van der Waals surface area contributed by atoms with E-state index in [1.165, 1.54) is 5.56 Å². The van der Waals surface area contributed by atoms with Crippen LogP contribution in [0.4, 0.5) is 0 Å². The first-order valence-electron chi connectivity index (χ1n) is 6.11. The zero-order valence-electron chi connectivity index (χ0n) is 10.2. The highest BCUT2D eigenvalue weighted by Crippen LogP contribution is 2.37. The molecule has 0 radical (unpaired) electrons. The molecule has 1 aliphatic rings. The van der Waals surface area contributed by atoms with Crippen LogP contribution >= 0.6 is 0 Å². The van der Waals surface area contributed by atoms with Crippen molar-refractivity contribution in [3.8, 4) is 0 Å². The van der Waals surface area contributed by atoms with Crippen molar-refractivity contribution in [3.63, 3.8) is 0 Å². The van der Waals surface area contributed by atoms with Gasteiger partial charge in [-0.3, -0.25) is 0 Å². The summed E-state index contributed by atoms with van der Waals surface area (Å²) >= 11 is 0. The largest absolute Gasteiger partial charge is 0.388 e. The molecule has 2 heteroatoms. The summed E-state index contributed by atoms with van der Waals surface area (Å²) in [6.45, 7) is 3.93. The molecular weight excluding hydrogens is 198 g/mol. The molecule has 2 atom stereocenters. The van der Waals surface area contributed by atoms with Crippen molar-refractivity contribution < 1.29 is 5.11 Å². The molecule has 1 fully saturated rings. The van der Waals surface area contributed by atoms with Gasteiger partial charge in [-0.15, -0.1) is 0 Å². The summed E-state index contributed by atoms with van der Waals surface area (Å²) in [5.41, 5.74) is 0.717. The first-order chi connectivity index (χ1) is 7.65. The lowest BCUT2D eigenvalue weighted by molar-refractivity contribution is -0.0449. The molecule has 0 amide bonds. The zero-order chi connectivity index (χ0) is 11.6. The molecule has 1 heterocycles. The van der Waals surface area contributed by atoms with Gasteiger partial charge in [0.25, 0.3) is 0 Å². The fourth-order valence-electron chi connectivity index (χ4n) is 2.80. The Labute approximate surface area is 97.9 Å². The molecular formula is C14H21NO. The van der Waals surface area contributed by atoms with Gasteiger partial charge in [-0.1, -0.05) is 37.3 Å². The summed E-state index contributed by atoms with van der Waals surface area (Å²) in [5, 5.41) is 10.7. The highest BCUT2D eigenvalue weighted by atomic mass is 16.3. The third kappa shape index (κ3) is 2.13. The Morgan fingerprint density at radius 3 is 2.69 bits per heavy atom. The predicted octanol–water partition coefficient (Wildman–Crippen LogP) is 2.25. The van der Waals surface area contributed by atoms with E-state index in [9.17, 15) is 5.11 Å². The van der Waals surface area contributed by atoms with Gasteiger partial charge in [-0.2, -0.15) is 0 Å². The van der Waals surface area contributed by atoms with Gasteiger partial charge in [-0.25, -0.2) is 0 Å². The van der Waals surface area contributed by atoms with Crippen LogP contribution in [0.5, 0.6) is 0 Å². The minimum atomic E-state index is -0.561. The second-order valence-corrected chi connectivity index (χ2v) is 4.95. The Morgan fingerprint density at radius 2 is 2.06 bits per heavy atom. The lowest BCUT2D eigenvalue weighted by atomic mass is 9.75. The highest BCUT2D eigenvalue weighted by Gasteiger charge is 2.39. The minimum absolute atomic E-state index is 0.287. The molecule has 0 aromatic heterocycles. The summed E-state index contributed by atoms with van der Waals surface area (Å²) in [4.78, 5) is 2.23. The third-order valence-corrected chi connectivity index (χ3v) is 3.81. The van der Waals surface area contributed by atoms with E-state index >= 15 is 0 Å². The maximum atomic E-state index is 10.7. The van der Waals surface area contributed by atoms with Crippen LogP contribution in [0.15, 0.2) is 30.3 Å². The number of hydrogen-bond acceptors (Lipinski definition) is 2. The average molecular weight is 219 g/mol. The summed E-state index contributed by atoms with van der Waals surface area (Å²) in [7, 11) is 2.09. The van der Waals surface area contributed by atoms with Gasteiger partial charge in [-0.05, 0) is 32.0 Å². The lowest BCUT2D eigenvalue weighted by Gasteiger charge is -2.43. The van der Waals surface area contributed by atoms with Crippen molar-refractivity contribution in [1.29, 1.82) is 0 Å². The molecule has 2 nitrogen and oxygen atoms in total. The van der Waals surface area contributed by atoms with Crippen molar-refractivity contribution in [2.45, 2.75) is 31.3 Å². The van der Waals surface area contributed by atoms with Gasteiger partial charge in [0.2, 0.25) is 0 Å². The van der Waals surface area contributed by atoms with Gasteiger partial charge in [0.1, 0.15) is 0 Å². The number of benzene rings is 1. The van der Waals surface area contributed by atoms with Gasteiger partial charge in [0, 0.05) is 12.5 Å². The number of nitrogens with zero attached hydrogens (tertiary/aromatic N) is 1. The quantitative estimate of drug-likeness (QED) is 0.824. The van der Waals surface area contributed by atoms with Crippen LogP contribution < -0.4 is 0 Å². The third-order valence-electron chi connectivity index (χ3n) is 3.81. The van der Waals surface area contributed by atoms with Crippen LogP contribution in [-0.4, -0.2) is 35.7 Å². The molecule has 1 N–H and O–H groups in total. The fraction of sp³-hybridized carbons (Fsp3) is 0.571. The average Bonchev–Trinajstić information content (AvgIpc) is 2.30. The van der Waals surface area contributed by atoms with Crippen molar-refractivity contribution in [2.75, 3.05) is 20.1 Å². The van der Waals surface area contributed by atoms with E-state index in [2.05, 4.69) is 43.1 Å². The summed E-state index contributed by atoms with van der Waals surface area (Å²) in [6, 6.07) is 10.4. The molecule has 0 aliphatic carbocycles. The normalized spacial score (nSPS) is 31.6. The Hall–Kier alpha value is -0.860. The molecule has 1 aromatic rings. The summed E-state index contributed by atoms with van der Waals surface area (Å²) < 4.78 is 0. The number of piperidine rings is 1. The first kappa shape index (κ1) is 11.6. The van der Waals surface area contributed by atoms with E-state index in [0.29, 0.717) is 0 Å². The van der Waals surface area contributed by atoms with E-state index in [1.807, 2.05) is 6.07 Å². The smallest absolute Gasteiger partial charge is 0.0839 e. The molecule has 16 heavy (non-hydrogen) atoms. The van der Waals surface area contributed by atoms with Gasteiger partial charge < -0.3 is 10.0 Å². The van der Waals surface area contributed by atoms with Crippen LogP contribution in [-0.2, 0) is 0 Å². The summed E-state index contributed by atoms with van der Waals surface area (Å²) in [6.07, 6.45) is 1.86. The molecule has 88 valence electrons. The van der Waals surface area contributed by atoms with Gasteiger partial charge in [0.15, 0.2) is 0 Å². The molecule has 0 bridgehead atoms. The summed E-state index contributed by atoms with van der Waals surface area (Å²) in [5.74, 6) is 0.287. The Bertz CT molecular complexity index is 338. The molecule has 1 aliphatic heterocycles. The van der Waals surface area contributed by atoms with E-state index in [0.717, 1.165) is 25.9 Å². The number of β-amino-alcohol motifs (C(OH)–C–C–N with tert-alkyl or cyclic N) is 1. The number of hydrogen-bond donors (Lipinski definition) is 1. The van der Waals surface area contributed by atoms with Crippen LogP contribution in [0.25, 0.3) is 0 Å². The highest BCUT2D eigenvalue weighted by molar-refractivity contribution is 5.24. The monoisotopic (exact) mass is 219 g/mol. The second-order valence-electron chi connectivity index (χ2n) is 4.95. The van der Waals surface area contributed by atoms with Crippen molar-refractivity contribution in [1.82, 2.24) is 4.90 Å². The van der Waals surface area contributed by atoms with E-state index in [-0.39, 0.29) is 5.92 Å². The zero-order valence-corrected chi connectivity index (χ0v) is 10.2. The van der Waals surface area contributed by atoms with Crippen LogP contribution in [0.2, 0.25) is 0 Å². The number of rotatable bonds is 2. The van der Waals surface area contributed by atoms with Crippen molar-refractivity contribution >= 4 is 0 Å². The SMILES string of the molecule is CC[C@]1(O)CN(C)CC[C@H]1c1ccccc1. The van der Waals surface area contributed by atoms with Gasteiger partial charge in [0.05, 0.1) is 5.60 Å². The van der Waals surface area contributed by atoms with E-state index < -0.39 is 5.60 Å². The van der Waals surface area contributed by atoms with Crippen molar-refractivity contribution in [3.05, 3.63) is 35.9 Å². The number of likely N-dealkylation sites (tertiary alicyclic amines) is 1. The molecule has 0 spiro atoms. The Kier molecular flexibility index (Phi) is 3.31. The second kappa shape index (κ2) is 4.56. The lowest BCUT2D eigenvalue weighted by Crippen LogP contribution is -2.51. The van der Waals surface area contributed by atoms with Crippen LogP contribution in [0.1, 0.15) is 31.2 Å². The molecule has 0 unspecified atom stereocenters. The molecule has 1 aromatic carbocycles. The van der Waals surface area contributed by atoms with E-state index in [1.54, 1.807) is 0 Å². The molecule has 0 saturated carbocycles. The van der Waals surface area contributed by atoms with Gasteiger partial charge >= 0.3 is 0 Å².